The molecular formula is C19H12N6OS. The first-order valence-electron chi connectivity index (χ1n) is 8.22. The highest BCUT2D eigenvalue weighted by Crippen LogP contribution is 2.19. The average Bonchev–Trinajstić information content (AvgIpc) is 3.34. The van der Waals surface area contributed by atoms with Crippen LogP contribution >= 0.6 is 11.7 Å². The fraction of sp³-hybridized carbons (Fsp3) is 0. The number of rotatable bonds is 3. The number of anilines is 1. The number of para-hydroxylation sites is 1. The number of fused-ring (bicyclic) bond motifs is 2. The van der Waals surface area contributed by atoms with E-state index in [1.165, 1.54) is 0 Å². The van der Waals surface area contributed by atoms with Crippen molar-refractivity contribution in [1.29, 1.82) is 0 Å². The molecule has 7 nitrogen and oxygen atoms in total. The third kappa shape index (κ3) is 2.91. The van der Waals surface area contributed by atoms with E-state index in [0.717, 1.165) is 28.4 Å². The maximum Gasteiger partial charge on any atom is 0.255 e. The van der Waals surface area contributed by atoms with Gasteiger partial charge >= 0.3 is 0 Å². The van der Waals surface area contributed by atoms with Gasteiger partial charge < -0.3 is 5.32 Å². The van der Waals surface area contributed by atoms with Crippen molar-refractivity contribution in [3.8, 4) is 5.69 Å². The van der Waals surface area contributed by atoms with Crippen LogP contribution in [0.2, 0.25) is 0 Å². The molecule has 0 unspecified atom stereocenters. The lowest BCUT2D eigenvalue weighted by Gasteiger charge is -2.04. The topological polar surface area (TPSA) is 85.6 Å². The molecule has 0 radical (unpaired) electrons. The van der Waals surface area contributed by atoms with E-state index in [4.69, 9.17) is 0 Å². The highest BCUT2D eigenvalue weighted by atomic mass is 32.1. The molecule has 1 amide bonds. The van der Waals surface area contributed by atoms with Crippen LogP contribution in [0.1, 0.15) is 10.4 Å². The summed E-state index contributed by atoms with van der Waals surface area (Å²) in [6.07, 6.45) is 0. The molecule has 0 atom stereocenters. The van der Waals surface area contributed by atoms with Gasteiger partial charge in [-0.3, -0.25) is 4.79 Å². The number of carbonyl (C=O) groups excluding carboxylic acids is 1. The Bertz CT molecular complexity index is 1280. The number of hydrogen-bond donors (Lipinski definition) is 1. The van der Waals surface area contributed by atoms with Crippen LogP contribution in [0.4, 0.5) is 5.69 Å². The molecular weight excluding hydrogens is 360 g/mol. The summed E-state index contributed by atoms with van der Waals surface area (Å²) in [5.41, 5.74) is 5.03. The molecule has 3 aromatic carbocycles. The molecule has 0 saturated heterocycles. The summed E-state index contributed by atoms with van der Waals surface area (Å²) < 4.78 is 8.32. The van der Waals surface area contributed by atoms with E-state index >= 15 is 0 Å². The fourth-order valence-corrected chi connectivity index (χ4v) is 3.31. The second-order valence-electron chi connectivity index (χ2n) is 5.95. The van der Waals surface area contributed by atoms with Crippen LogP contribution < -0.4 is 5.32 Å². The maximum atomic E-state index is 12.5. The molecule has 0 aliphatic heterocycles. The zero-order valence-electron chi connectivity index (χ0n) is 13.9. The number of carbonyl (C=O) groups is 1. The number of nitrogens with one attached hydrogen (secondary N) is 1. The molecule has 27 heavy (non-hydrogen) atoms. The summed E-state index contributed by atoms with van der Waals surface area (Å²) in [4.78, 5) is 14.1. The third-order valence-electron chi connectivity index (χ3n) is 4.14. The molecule has 0 spiro atoms. The lowest BCUT2D eigenvalue weighted by molar-refractivity contribution is 0.102. The monoisotopic (exact) mass is 372 g/mol. The number of nitrogens with zero attached hydrogens (tertiary/aromatic N) is 5. The Morgan fingerprint density at radius 3 is 2.48 bits per heavy atom. The Balaban J connectivity index is 1.43. The minimum Gasteiger partial charge on any atom is -0.322 e. The van der Waals surface area contributed by atoms with Crippen molar-refractivity contribution < 1.29 is 4.79 Å². The van der Waals surface area contributed by atoms with Crippen molar-refractivity contribution in [3.05, 3.63) is 72.3 Å². The maximum absolute atomic E-state index is 12.5. The van der Waals surface area contributed by atoms with Crippen LogP contribution in [-0.4, -0.2) is 29.6 Å². The van der Waals surface area contributed by atoms with Crippen LogP contribution in [-0.2, 0) is 0 Å². The molecule has 0 aliphatic carbocycles. The van der Waals surface area contributed by atoms with Gasteiger partial charge in [0, 0.05) is 11.3 Å². The predicted molar refractivity (Wildman–Crippen MR) is 104 cm³/mol. The summed E-state index contributed by atoms with van der Waals surface area (Å²) in [7, 11) is 0. The van der Waals surface area contributed by atoms with Gasteiger partial charge in [-0.1, -0.05) is 18.2 Å². The molecule has 130 valence electrons. The van der Waals surface area contributed by atoms with Gasteiger partial charge in [-0.15, -0.1) is 10.2 Å². The number of hydrogen-bond acceptors (Lipinski definition) is 6. The molecule has 0 fully saturated rings. The van der Waals surface area contributed by atoms with E-state index in [1.54, 1.807) is 23.0 Å². The summed E-state index contributed by atoms with van der Waals surface area (Å²) >= 11 is 1.13. The molecule has 1 N–H and O–H groups in total. The molecule has 2 heterocycles. The largest absolute Gasteiger partial charge is 0.322 e. The molecule has 5 aromatic rings. The highest BCUT2D eigenvalue weighted by Gasteiger charge is 2.11. The van der Waals surface area contributed by atoms with Gasteiger partial charge in [0.15, 0.2) is 0 Å². The molecule has 0 bridgehead atoms. The quantitative estimate of drug-likeness (QED) is 0.522. The fourth-order valence-electron chi connectivity index (χ4n) is 2.80. The van der Waals surface area contributed by atoms with Gasteiger partial charge in [0.05, 0.1) is 17.4 Å². The van der Waals surface area contributed by atoms with E-state index in [9.17, 15) is 4.79 Å². The van der Waals surface area contributed by atoms with Crippen molar-refractivity contribution in [2.24, 2.45) is 0 Å². The first-order valence-corrected chi connectivity index (χ1v) is 8.95. The minimum atomic E-state index is -0.209. The first-order chi connectivity index (χ1) is 13.3. The van der Waals surface area contributed by atoms with Crippen molar-refractivity contribution >= 4 is 45.4 Å². The number of benzene rings is 3. The van der Waals surface area contributed by atoms with Crippen molar-refractivity contribution in [2.75, 3.05) is 5.32 Å². The Morgan fingerprint density at radius 2 is 1.59 bits per heavy atom. The molecule has 2 aromatic heterocycles. The normalized spacial score (nSPS) is 11.1. The van der Waals surface area contributed by atoms with Gasteiger partial charge in [0.1, 0.15) is 22.1 Å². The second-order valence-corrected chi connectivity index (χ2v) is 6.48. The molecule has 5 rings (SSSR count). The highest BCUT2D eigenvalue weighted by molar-refractivity contribution is 7.00. The smallest absolute Gasteiger partial charge is 0.255 e. The zero-order valence-corrected chi connectivity index (χ0v) is 14.7. The van der Waals surface area contributed by atoms with E-state index in [2.05, 4.69) is 24.3 Å². The first kappa shape index (κ1) is 15.6. The average molecular weight is 372 g/mol. The zero-order chi connectivity index (χ0) is 18.2. The standard InChI is InChI=1S/C19H12N6OS/c26-19(12-6-8-16-18(10-12)24-27-23-16)20-13-7-9-15-17(11-13)22-25(21-15)14-4-2-1-3-5-14/h1-11H,(H,20,26). The summed E-state index contributed by atoms with van der Waals surface area (Å²) in [6, 6.07) is 20.4. The predicted octanol–water partition coefficient (Wildman–Crippen LogP) is 3.68. The summed E-state index contributed by atoms with van der Waals surface area (Å²) in [6.45, 7) is 0. The van der Waals surface area contributed by atoms with Crippen LogP contribution in [0.5, 0.6) is 0 Å². The lowest BCUT2D eigenvalue weighted by Crippen LogP contribution is -2.11. The Morgan fingerprint density at radius 1 is 0.815 bits per heavy atom. The molecule has 0 aliphatic rings. The third-order valence-corrected chi connectivity index (χ3v) is 4.70. The SMILES string of the molecule is O=C(Nc1ccc2nn(-c3ccccc3)nc2c1)c1ccc2nsnc2c1. The van der Waals surface area contributed by atoms with Gasteiger partial charge in [-0.2, -0.15) is 13.5 Å². The van der Waals surface area contributed by atoms with Crippen LogP contribution in [0.25, 0.3) is 27.8 Å². The Hall–Kier alpha value is -3.65. The van der Waals surface area contributed by atoms with Crippen LogP contribution in [0.3, 0.4) is 0 Å². The number of aromatic nitrogens is 5. The van der Waals surface area contributed by atoms with E-state index < -0.39 is 0 Å². The minimum absolute atomic E-state index is 0.209. The van der Waals surface area contributed by atoms with Crippen molar-refractivity contribution in [2.45, 2.75) is 0 Å². The van der Waals surface area contributed by atoms with Gasteiger partial charge in [0.2, 0.25) is 0 Å². The van der Waals surface area contributed by atoms with E-state index in [0.29, 0.717) is 22.3 Å². The second kappa shape index (κ2) is 6.26. The van der Waals surface area contributed by atoms with Crippen molar-refractivity contribution in [3.63, 3.8) is 0 Å². The van der Waals surface area contributed by atoms with Gasteiger partial charge in [-0.25, -0.2) is 0 Å². The summed E-state index contributed by atoms with van der Waals surface area (Å²) in [5, 5.41) is 11.9. The number of amides is 1. The van der Waals surface area contributed by atoms with Crippen LogP contribution in [0, 0.1) is 0 Å². The van der Waals surface area contributed by atoms with Crippen LogP contribution in [0.15, 0.2) is 66.7 Å². The van der Waals surface area contributed by atoms with E-state index in [1.807, 2.05) is 48.5 Å². The Kier molecular flexibility index (Phi) is 3.61. The summed E-state index contributed by atoms with van der Waals surface area (Å²) in [5.74, 6) is -0.209. The van der Waals surface area contributed by atoms with Crippen molar-refractivity contribution in [1.82, 2.24) is 23.7 Å². The molecule has 0 saturated carbocycles. The lowest BCUT2D eigenvalue weighted by atomic mass is 10.2. The Labute approximate surface area is 157 Å². The van der Waals surface area contributed by atoms with E-state index in [-0.39, 0.29) is 5.91 Å². The van der Waals surface area contributed by atoms with Gasteiger partial charge in [-0.05, 0) is 48.5 Å². The van der Waals surface area contributed by atoms with Gasteiger partial charge in [0.25, 0.3) is 5.91 Å². The molecule has 8 heteroatoms.